The summed E-state index contributed by atoms with van der Waals surface area (Å²) in [6.45, 7) is 3.61. The van der Waals surface area contributed by atoms with Gasteiger partial charge in [0.15, 0.2) is 6.10 Å². The molecule has 1 fully saturated rings. The molecule has 6 N–H and O–H groups in total. The molecule has 57 heavy (non-hydrogen) atoms. The van der Waals surface area contributed by atoms with Crippen molar-refractivity contribution in [3.8, 4) is 0 Å². The van der Waals surface area contributed by atoms with Crippen LogP contribution >= 0.6 is 15.6 Å². The fourth-order valence-corrected chi connectivity index (χ4v) is 7.62. The van der Waals surface area contributed by atoms with Gasteiger partial charge >= 0.3 is 27.6 Å². The largest absolute Gasteiger partial charge is 0.472 e. The molecule has 1 saturated carbocycles. The molecular formula is C39H72O16P2. The summed E-state index contributed by atoms with van der Waals surface area (Å²) in [5, 5.41) is 30.5. The minimum Gasteiger partial charge on any atom is -0.462 e. The average molecular weight is 859 g/mol. The van der Waals surface area contributed by atoms with Crippen LogP contribution in [-0.2, 0) is 46.6 Å². The van der Waals surface area contributed by atoms with Gasteiger partial charge in [0.25, 0.3) is 0 Å². The Kier molecular flexibility index (Phi) is 28.6. The smallest absolute Gasteiger partial charge is 0.462 e. The van der Waals surface area contributed by atoms with Crippen molar-refractivity contribution in [3.05, 3.63) is 12.2 Å². The lowest BCUT2D eigenvalue weighted by Crippen LogP contribution is -2.30. The molecule has 2 unspecified atom stereocenters. The van der Waals surface area contributed by atoms with Gasteiger partial charge in [-0.3, -0.25) is 28.0 Å². The molecule has 0 aromatic heterocycles. The van der Waals surface area contributed by atoms with Crippen molar-refractivity contribution in [1.29, 1.82) is 0 Å². The lowest BCUT2D eigenvalue weighted by molar-refractivity contribution is -0.161. The number of carbonyl (C=O) groups excluding carboxylic acids is 3. The summed E-state index contributed by atoms with van der Waals surface area (Å²) in [5.41, 5.74) is 0. The first-order valence-corrected chi connectivity index (χ1v) is 23.9. The molecule has 18 heteroatoms. The topological polar surface area (TPSA) is 253 Å². The van der Waals surface area contributed by atoms with Crippen LogP contribution in [0.2, 0.25) is 0 Å². The summed E-state index contributed by atoms with van der Waals surface area (Å²) >= 11 is 0. The first-order chi connectivity index (χ1) is 27.0. The quantitative estimate of drug-likeness (QED) is 0.0170. The second kappa shape index (κ2) is 30.5. The third-order valence-electron chi connectivity index (χ3n) is 10.1. The Labute approximate surface area is 339 Å². The molecular weight excluding hydrogens is 786 g/mol. The van der Waals surface area contributed by atoms with Gasteiger partial charge in [0.05, 0.1) is 32.0 Å². The van der Waals surface area contributed by atoms with Crippen LogP contribution in [0, 0.1) is 17.8 Å². The number of hydrogen-bond acceptors (Lipinski definition) is 13. The molecule has 0 bridgehead atoms. The fraction of sp³-hybridized carbons (Fsp3) is 0.872. The lowest BCUT2D eigenvalue weighted by atomic mass is 9.88. The molecule has 0 saturated heterocycles. The zero-order chi connectivity index (χ0) is 42.7. The van der Waals surface area contributed by atoms with Gasteiger partial charge in [0.2, 0.25) is 0 Å². The number of allylic oxidation sites excluding steroid dienone is 1. The fourth-order valence-electron chi connectivity index (χ4n) is 6.46. The van der Waals surface area contributed by atoms with E-state index >= 15 is 0 Å². The Bertz CT molecular complexity index is 1240. The van der Waals surface area contributed by atoms with Crippen LogP contribution < -0.4 is 0 Å². The summed E-state index contributed by atoms with van der Waals surface area (Å²) in [7, 11) is -9.76. The van der Waals surface area contributed by atoms with E-state index in [1.54, 1.807) is 12.2 Å². The average Bonchev–Trinajstić information content (AvgIpc) is 3.42. The standard InChI is InChI=1S/C39H72O16P2/c1-4-6-13-19-31(40)23-24-35-34(36(42)25-37(35)43)20-15-11-12-17-22-39(45)55-33(29-54-57(49,50)53-27-32(41)26-52-56(46,47)48)28-51-38(44)21-16-10-8-7-9-14-18-30(3)5-2/h23-24,30-36,40-42H,4-22,25-29H2,1-3H3,(H,49,50)(H2,46,47,48)/b24-23+/t30?,31-,32-,33+,34+,35+,36-/m0/s1. The van der Waals surface area contributed by atoms with Gasteiger partial charge in [0.1, 0.15) is 18.5 Å². The zero-order valence-electron chi connectivity index (χ0n) is 34.3. The molecule has 0 radical (unpaired) electrons. The lowest BCUT2D eigenvalue weighted by Gasteiger charge is -2.20. The van der Waals surface area contributed by atoms with Crippen molar-refractivity contribution in [2.75, 3.05) is 26.4 Å². The Morgan fingerprint density at radius 2 is 1.35 bits per heavy atom. The van der Waals surface area contributed by atoms with Crippen molar-refractivity contribution in [2.45, 2.75) is 174 Å². The van der Waals surface area contributed by atoms with Gasteiger partial charge in [0, 0.05) is 25.2 Å². The minimum atomic E-state index is -4.89. The molecule has 0 spiro atoms. The van der Waals surface area contributed by atoms with E-state index in [9.17, 15) is 43.7 Å². The molecule has 334 valence electrons. The van der Waals surface area contributed by atoms with Crippen LogP contribution in [0.3, 0.4) is 0 Å². The Balaban J connectivity index is 2.58. The van der Waals surface area contributed by atoms with Crippen LogP contribution in [-0.4, -0.2) is 98.6 Å². The highest BCUT2D eigenvalue weighted by Gasteiger charge is 2.39. The number of rotatable bonds is 35. The second-order valence-corrected chi connectivity index (χ2v) is 18.0. The number of aliphatic hydroxyl groups excluding tert-OH is 3. The van der Waals surface area contributed by atoms with Crippen LogP contribution in [0.25, 0.3) is 0 Å². The van der Waals surface area contributed by atoms with Crippen molar-refractivity contribution in [3.63, 3.8) is 0 Å². The SMILES string of the molecule is CCCCC[C@H](O)/C=C/[C@H]1C(=O)C[C@H](O)[C@@H]1CCCCCCC(=O)O[C@H](COC(=O)CCCCCCCCC(C)CC)COP(=O)(O)OC[C@@H](O)COP(=O)(O)O. The number of aliphatic hydroxyl groups is 3. The van der Waals surface area contributed by atoms with E-state index in [0.29, 0.717) is 38.5 Å². The molecule has 1 aliphatic carbocycles. The maximum atomic E-state index is 12.7. The summed E-state index contributed by atoms with van der Waals surface area (Å²) < 4.78 is 47.7. The second-order valence-electron chi connectivity index (χ2n) is 15.3. The molecule has 0 heterocycles. The van der Waals surface area contributed by atoms with E-state index in [0.717, 1.165) is 57.3 Å². The Morgan fingerprint density at radius 1 is 0.772 bits per heavy atom. The number of esters is 2. The third-order valence-corrected chi connectivity index (χ3v) is 11.5. The third kappa shape index (κ3) is 27.8. The number of unbranched alkanes of at least 4 members (excludes halogenated alkanes) is 10. The number of ether oxygens (including phenoxy) is 2. The maximum absolute atomic E-state index is 12.7. The number of Topliss-reactive ketones (excluding diaryl/α,β-unsaturated/α-hetero) is 1. The molecule has 0 amide bonds. The van der Waals surface area contributed by atoms with Gasteiger partial charge in [-0.2, -0.15) is 0 Å². The predicted molar refractivity (Wildman–Crippen MR) is 213 cm³/mol. The predicted octanol–water partition coefficient (Wildman–Crippen LogP) is 6.62. The van der Waals surface area contributed by atoms with E-state index in [-0.39, 0.29) is 31.0 Å². The number of phosphoric acid groups is 2. The molecule has 1 rings (SSSR count). The zero-order valence-corrected chi connectivity index (χ0v) is 36.1. The molecule has 1 aliphatic rings. The Morgan fingerprint density at radius 3 is 2.00 bits per heavy atom. The van der Waals surface area contributed by atoms with Gasteiger partial charge in [-0.25, -0.2) is 9.13 Å². The molecule has 0 aromatic rings. The monoisotopic (exact) mass is 858 g/mol. The number of hydrogen-bond donors (Lipinski definition) is 6. The van der Waals surface area contributed by atoms with E-state index < -0.39 is 84.3 Å². The van der Waals surface area contributed by atoms with Crippen LogP contribution in [0.5, 0.6) is 0 Å². The van der Waals surface area contributed by atoms with Gasteiger partial charge in [-0.05, 0) is 37.5 Å². The normalized spacial score (nSPS) is 20.6. The Hall–Kier alpha value is -1.55. The summed E-state index contributed by atoms with van der Waals surface area (Å²) in [6.07, 6.45) is 14.3. The van der Waals surface area contributed by atoms with Crippen molar-refractivity contribution >= 4 is 33.4 Å². The maximum Gasteiger partial charge on any atom is 0.472 e. The van der Waals surface area contributed by atoms with E-state index in [2.05, 4.69) is 29.8 Å². The van der Waals surface area contributed by atoms with Crippen molar-refractivity contribution < 1.29 is 76.6 Å². The van der Waals surface area contributed by atoms with E-state index in [4.69, 9.17) is 23.8 Å². The summed E-state index contributed by atoms with van der Waals surface area (Å²) in [5.74, 6) is -1.18. The van der Waals surface area contributed by atoms with Crippen molar-refractivity contribution in [2.24, 2.45) is 17.8 Å². The van der Waals surface area contributed by atoms with Crippen molar-refractivity contribution in [1.82, 2.24) is 0 Å². The molecule has 8 atom stereocenters. The number of carbonyl (C=O) groups is 3. The summed E-state index contributed by atoms with van der Waals surface area (Å²) in [6, 6.07) is 0. The van der Waals surface area contributed by atoms with E-state index in [1.807, 2.05) is 0 Å². The van der Waals surface area contributed by atoms with Gasteiger partial charge < -0.3 is 39.5 Å². The summed E-state index contributed by atoms with van der Waals surface area (Å²) in [4.78, 5) is 65.3. The number of ketones is 1. The number of phosphoric ester groups is 2. The highest BCUT2D eigenvalue weighted by molar-refractivity contribution is 7.47. The molecule has 16 nitrogen and oxygen atoms in total. The highest BCUT2D eigenvalue weighted by atomic mass is 31.2. The highest BCUT2D eigenvalue weighted by Crippen LogP contribution is 2.44. The minimum absolute atomic E-state index is 0.00727. The first kappa shape index (κ1) is 53.5. The van der Waals surface area contributed by atoms with Gasteiger partial charge in [-0.1, -0.05) is 116 Å². The molecule has 0 aliphatic heterocycles. The van der Waals surface area contributed by atoms with Gasteiger partial charge in [-0.15, -0.1) is 0 Å². The molecule has 0 aromatic carbocycles. The van der Waals surface area contributed by atoms with Crippen LogP contribution in [0.1, 0.15) is 149 Å². The first-order valence-electron chi connectivity index (χ1n) is 20.9. The van der Waals surface area contributed by atoms with Crippen LogP contribution in [0.15, 0.2) is 12.2 Å². The van der Waals surface area contributed by atoms with Crippen LogP contribution in [0.4, 0.5) is 0 Å². The van der Waals surface area contributed by atoms with E-state index in [1.165, 1.54) is 19.3 Å².